The molecular formula is C31H26N4O3S. The van der Waals surface area contributed by atoms with Gasteiger partial charge in [-0.05, 0) is 48.0 Å². The third kappa shape index (κ3) is 4.75. The molecule has 194 valence electrons. The smallest absolute Gasteiger partial charge is 0.160 e. The highest BCUT2D eigenvalue weighted by molar-refractivity contribution is 7.99. The molecule has 7 nitrogen and oxygen atoms in total. The summed E-state index contributed by atoms with van der Waals surface area (Å²) >= 11 is 1.67. The number of nitrogens with zero attached hydrogens (tertiary/aromatic N) is 3. The number of para-hydroxylation sites is 3. The Labute approximate surface area is 230 Å². The van der Waals surface area contributed by atoms with Crippen molar-refractivity contribution in [1.29, 1.82) is 0 Å². The molecule has 0 aliphatic carbocycles. The van der Waals surface area contributed by atoms with E-state index in [0.717, 1.165) is 38.3 Å². The summed E-state index contributed by atoms with van der Waals surface area (Å²) < 4.78 is 11.0. The van der Waals surface area contributed by atoms with Crippen LogP contribution in [0.4, 0.5) is 11.4 Å². The molecule has 0 saturated heterocycles. The van der Waals surface area contributed by atoms with Gasteiger partial charge in [-0.2, -0.15) is 10.2 Å². The number of hydrogen-bond acceptors (Lipinski definition) is 7. The average Bonchev–Trinajstić information content (AvgIpc) is 3.33. The zero-order chi connectivity index (χ0) is 26.8. The van der Waals surface area contributed by atoms with Crippen molar-refractivity contribution in [1.82, 2.24) is 4.98 Å². The minimum atomic E-state index is -0.485. The van der Waals surface area contributed by atoms with Gasteiger partial charge in [-0.25, -0.2) is 4.99 Å². The summed E-state index contributed by atoms with van der Waals surface area (Å²) in [6, 6.07) is 28.7. The van der Waals surface area contributed by atoms with Crippen LogP contribution in [0, 0.1) is 0 Å². The molecule has 4 aromatic carbocycles. The van der Waals surface area contributed by atoms with Crippen molar-refractivity contribution in [2.75, 3.05) is 14.2 Å². The molecule has 1 aliphatic heterocycles. The average molecular weight is 535 g/mol. The van der Waals surface area contributed by atoms with E-state index in [1.807, 2.05) is 79.0 Å². The van der Waals surface area contributed by atoms with Crippen LogP contribution in [0.25, 0.3) is 10.9 Å². The summed E-state index contributed by atoms with van der Waals surface area (Å²) in [5.74, 6) is 1.12. The summed E-state index contributed by atoms with van der Waals surface area (Å²) in [7, 11) is 3.17. The zero-order valence-corrected chi connectivity index (χ0v) is 22.2. The van der Waals surface area contributed by atoms with E-state index in [-0.39, 0.29) is 11.0 Å². The minimum Gasteiger partial charge on any atom is -0.504 e. The Kier molecular flexibility index (Phi) is 6.77. The molecule has 8 heteroatoms. The lowest BCUT2D eigenvalue weighted by Gasteiger charge is -2.23. The van der Waals surface area contributed by atoms with Gasteiger partial charge in [0.1, 0.15) is 17.5 Å². The number of aromatic hydroxyl groups is 1. The predicted octanol–water partition coefficient (Wildman–Crippen LogP) is 8.01. The number of hydrogen-bond donors (Lipinski definition) is 2. The van der Waals surface area contributed by atoms with Crippen LogP contribution in [0.15, 0.2) is 117 Å². The first-order valence-electron chi connectivity index (χ1n) is 12.5. The number of fused-ring (bicyclic) bond motifs is 2. The van der Waals surface area contributed by atoms with Crippen molar-refractivity contribution in [3.63, 3.8) is 0 Å². The molecule has 1 aliphatic rings. The molecular weight excluding hydrogens is 508 g/mol. The van der Waals surface area contributed by atoms with Crippen LogP contribution in [0.5, 0.6) is 17.2 Å². The SMILES string of the molecule is COc1cc(C2Sc3ccccc3N=C(c3c[nH]c4ccccc34)C2N=Nc2ccccc2OC)ccc1O. The van der Waals surface area contributed by atoms with Gasteiger partial charge in [-0.1, -0.05) is 48.5 Å². The van der Waals surface area contributed by atoms with Gasteiger partial charge >= 0.3 is 0 Å². The first kappa shape index (κ1) is 24.8. The largest absolute Gasteiger partial charge is 0.504 e. The molecule has 6 rings (SSSR count). The van der Waals surface area contributed by atoms with Crippen LogP contribution in [-0.4, -0.2) is 36.1 Å². The molecule has 0 spiro atoms. The number of rotatable bonds is 6. The number of phenols is 1. The van der Waals surface area contributed by atoms with Gasteiger partial charge in [-0.3, -0.25) is 0 Å². The van der Waals surface area contributed by atoms with Gasteiger partial charge in [0.05, 0.1) is 30.9 Å². The molecule has 2 unspecified atom stereocenters. The summed E-state index contributed by atoms with van der Waals surface area (Å²) in [5, 5.41) is 20.8. The molecule has 0 radical (unpaired) electrons. The Morgan fingerprint density at radius 3 is 2.51 bits per heavy atom. The monoisotopic (exact) mass is 534 g/mol. The predicted molar refractivity (Wildman–Crippen MR) is 155 cm³/mol. The molecule has 2 atom stereocenters. The number of aliphatic imine (C=N–C) groups is 1. The molecule has 2 N–H and O–H groups in total. The topological polar surface area (TPSA) is 91.6 Å². The Morgan fingerprint density at radius 2 is 1.64 bits per heavy atom. The van der Waals surface area contributed by atoms with Crippen LogP contribution in [-0.2, 0) is 0 Å². The molecule has 0 amide bonds. The summed E-state index contributed by atoms with van der Waals surface area (Å²) in [6.07, 6.45) is 1.99. The van der Waals surface area contributed by atoms with E-state index >= 15 is 0 Å². The standard InChI is InChI=1S/C31H26N4O3S/c1-37-26-13-7-5-11-23(26)34-35-30-29(21-18-32-22-10-4-3-9-20(21)22)33-24-12-6-8-14-28(24)39-31(30)19-15-16-25(36)27(17-19)38-2/h3-18,30-32,36H,1-2H3. The highest BCUT2D eigenvalue weighted by atomic mass is 32.2. The van der Waals surface area contributed by atoms with Gasteiger partial charge in [0.15, 0.2) is 11.5 Å². The summed E-state index contributed by atoms with van der Waals surface area (Å²) in [5.41, 5.74) is 5.20. The molecule has 1 aromatic heterocycles. The van der Waals surface area contributed by atoms with Crippen molar-refractivity contribution in [2.24, 2.45) is 15.2 Å². The molecule has 39 heavy (non-hydrogen) atoms. The number of benzene rings is 4. The van der Waals surface area contributed by atoms with Gasteiger partial charge in [-0.15, -0.1) is 11.8 Å². The fourth-order valence-corrected chi connectivity index (χ4v) is 6.03. The van der Waals surface area contributed by atoms with E-state index in [2.05, 4.69) is 17.1 Å². The van der Waals surface area contributed by atoms with Gasteiger partial charge < -0.3 is 19.6 Å². The van der Waals surface area contributed by atoms with Crippen molar-refractivity contribution >= 4 is 39.8 Å². The van der Waals surface area contributed by atoms with Crippen LogP contribution in [0.3, 0.4) is 0 Å². The number of aromatic nitrogens is 1. The highest BCUT2D eigenvalue weighted by Crippen LogP contribution is 2.48. The molecule has 2 heterocycles. The van der Waals surface area contributed by atoms with Crippen LogP contribution < -0.4 is 9.47 Å². The zero-order valence-electron chi connectivity index (χ0n) is 21.4. The normalized spacial score (nSPS) is 17.0. The number of ether oxygens (including phenoxy) is 2. The summed E-state index contributed by atoms with van der Waals surface area (Å²) in [6.45, 7) is 0. The number of nitrogens with one attached hydrogen (secondary N) is 1. The molecule has 5 aromatic rings. The fraction of sp³-hybridized carbons (Fsp3) is 0.129. The second-order valence-electron chi connectivity index (χ2n) is 9.01. The highest BCUT2D eigenvalue weighted by Gasteiger charge is 2.35. The van der Waals surface area contributed by atoms with Crippen LogP contribution in [0.2, 0.25) is 0 Å². The first-order chi connectivity index (χ1) is 19.2. The van der Waals surface area contributed by atoms with E-state index in [9.17, 15) is 5.11 Å². The number of methoxy groups -OCH3 is 2. The molecule has 0 fully saturated rings. The van der Waals surface area contributed by atoms with Crippen LogP contribution in [0.1, 0.15) is 16.4 Å². The van der Waals surface area contributed by atoms with Crippen molar-refractivity contribution in [3.05, 3.63) is 108 Å². The third-order valence-electron chi connectivity index (χ3n) is 6.70. The Morgan fingerprint density at radius 1 is 0.872 bits per heavy atom. The second-order valence-corrected chi connectivity index (χ2v) is 10.2. The van der Waals surface area contributed by atoms with E-state index in [0.29, 0.717) is 17.2 Å². The summed E-state index contributed by atoms with van der Waals surface area (Å²) in [4.78, 5) is 9.63. The maximum Gasteiger partial charge on any atom is 0.160 e. The second kappa shape index (κ2) is 10.7. The fourth-order valence-electron chi connectivity index (χ4n) is 4.77. The van der Waals surface area contributed by atoms with Gasteiger partial charge in [0.25, 0.3) is 0 Å². The number of thioether (sulfide) groups is 1. The molecule has 0 bridgehead atoms. The van der Waals surface area contributed by atoms with E-state index in [1.165, 1.54) is 0 Å². The van der Waals surface area contributed by atoms with Gasteiger partial charge in [0.2, 0.25) is 0 Å². The maximum absolute atomic E-state index is 10.3. The number of azo groups is 1. The minimum absolute atomic E-state index is 0.0815. The Hall–Kier alpha value is -4.56. The van der Waals surface area contributed by atoms with Crippen molar-refractivity contribution in [3.8, 4) is 17.2 Å². The lowest BCUT2D eigenvalue weighted by Crippen LogP contribution is -2.25. The quantitative estimate of drug-likeness (QED) is 0.216. The maximum atomic E-state index is 10.3. The number of phenolic OH excluding ortho intramolecular Hbond substituents is 1. The molecule has 0 saturated carbocycles. The first-order valence-corrected chi connectivity index (χ1v) is 13.4. The third-order valence-corrected chi connectivity index (χ3v) is 8.08. The lowest BCUT2D eigenvalue weighted by molar-refractivity contribution is 0.373. The van der Waals surface area contributed by atoms with Crippen LogP contribution >= 0.6 is 11.8 Å². The van der Waals surface area contributed by atoms with E-state index < -0.39 is 6.04 Å². The number of H-pyrrole nitrogens is 1. The Bertz CT molecular complexity index is 1710. The van der Waals surface area contributed by atoms with Gasteiger partial charge in [0, 0.05) is 27.6 Å². The van der Waals surface area contributed by atoms with Crippen molar-refractivity contribution < 1.29 is 14.6 Å². The lowest BCUT2D eigenvalue weighted by atomic mass is 9.96. The van der Waals surface area contributed by atoms with Crippen molar-refractivity contribution in [2.45, 2.75) is 16.2 Å². The van der Waals surface area contributed by atoms with E-state index in [4.69, 9.17) is 24.7 Å². The number of aromatic amines is 1. The van der Waals surface area contributed by atoms with E-state index in [1.54, 1.807) is 32.0 Å². The Balaban J connectivity index is 1.59.